The summed E-state index contributed by atoms with van der Waals surface area (Å²) in [7, 11) is 0. The van der Waals surface area contributed by atoms with Crippen molar-refractivity contribution in [1.29, 1.82) is 0 Å². The SMILES string of the molecule is CC(NC(=O)C(O)C1CCOCC1)C(=O)N1CCCC(C(=O)OCC(Cl)(Cl)Cl)N1. The number of aliphatic hydroxyl groups is 1. The lowest BCUT2D eigenvalue weighted by atomic mass is 9.93. The Morgan fingerprint density at radius 1 is 1.28 bits per heavy atom. The predicted octanol–water partition coefficient (Wildman–Crippen LogP) is 0.688. The molecule has 3 N–H and O–H groups in total. The van der Waals surface area contributed by atoms with Crippen LogP contribution in [0.1, 0.15) is 32.6 Å². The molecular weight excluding hydrogens is 449 g/mol. The Morgan fingerprint density at radius 3 is 2.55 bits per heavy atom. The Balaban J connectivity index is 1.84. The van der Waals surface area contributed by atoms with E-state index in [-0.39, 0.29) is 5.92 Å². The van der Waals surface area contributed by atoms with E-state index in [1.165, 1.54) is 11.9 Å². The van der Waals surface area contributed by atoms with E-state index in [1.54, 1.807) is 0 Å². The molecule has 12 heteroatoms. The molecule has 9 nitrogen and oxygen atoms in total. The Hall–Kier alpha value is -0.840. The molecule has 2 rings (SSSR count). The molecule has 0 aromatic carbocycles. The molecule has 0 spiro atoms. The summed E-state index contributed by atoms with van der Waals surface area (Å²) in [4.78, 5) is 37.0. The van der Waals surface area contributed by atoms with Crippen LogP contribution in [0.15, 0.2) is 0 Å². The van der Waals surface area contributed by atoms with Crippen LogP contribution in [0.5, 0.6) is 0 Å². The molecule has 2 aliphatic heterocycles. The van der Waals surface area contributed by atoms with Crippen LogP contribution in [0.3, 0.4) is 0 Å². The zero-order valence-corrected chi connectivity index (χ0v) is 18.3. The molecule has 0 saturated carbocycles. The van der Waals surface area contributed by atoms with Crippen molar-refractivity contribution in [1.82, 2.24) is 15.8 Å². The second-order valence-corrected chi connectivity index (χ2v) is 9.68. The third-order valence-corrected chi connectivity index (χ3v) is 5.15. The second-order valence-electron chi connectivity index (χ2n) is 7.16. The molecule has 0 aromatic heterocycles. The van der Waals surface area contributed by atoms with E-state index >= 15 is 0 Å². The summed E-state index contributed by atoms with van der Waals surface area (Å²) in [5.41, 5.74) is 2.79. The highest BCUT2D eigenvalue weighted by atomic mass is 35.6. The minimum absolute atomic E-state index is 0.198. The lowest BCUT2D eigenvalue weighted by Gasteiger charge is -2.34. The van der Waals surface area contributed by atoms with Crippen molar-refractivity contribution in [2.24, 2.45) is 5.92 Å². The van der Waals surface area contributed by atoms with E-state index in [0.29, 0.717) is 45.4 Å². The van der Waals surface area contributed by atoms with Gasteiger partial charge in [-0.15, -0.1) is 0 Å². The van der Waals surface area contributed by atoms with Gasteiger partial charge >= 0.3 is 5.97 Å². The number of amides is 2. The highest BCUT2D eigenvalue weighted by molar-refractivity contribution is 6.67. The number of rotatable bonds is 6. The van der Waals surface area contributed by atoms with E-state index in [0.717, 1.165) is 0 Å². The van der Waals surface area contributed by atoms with Crippen molar-refractivity contribution in [2.45, 2.75) is 54.6 Å². The Morgan fingerprint density at radius 2 is 1.93 bits per heavy atom. The van der Waals surface area contributed by atoms with Crippen molar-refractivity contribution < 1.29 is 29.0 Å². The van der Waals surface area contributed by atoms with Crippen molar-refractivity contribution in [3.8, 4) is 0 Å². The van der Waals surface area contributed by atoms with Gasteiger partial charge in [-0.3, -0.25) is 19.4 Å². The Bertz CT molecular complexity index is 597. The number of hydrazine groups is 1. The highest BCUT2D eigenvalue weighted by Crippen LogP contribution is 2.26. The number of ether oxygens (including phenoxy) is 2. The summed E-state index contributed by atoms with van der Waals surface area (Å²) >= 11 is 16.7. The molecule has 2 saturated heterocycles. The van der Waals surface area contributed by atoms with Gasteiger partial charge in [0.1, 0.15) is 24.8 Å². The van der Waals surface area contributed by atoms with Gasteiger partial charge in [0.05, 0.1) is 0 Å². The third kappa shape index (κ3) is 7.73. The summed E-state index contributed by atoms with van der Waals surface area (Å²) in [6.07, 6.45) is 0.974. The summed E-state index contributed by atoms with van der Waals surface area (Å²) in [6, 6.07) is -1.66. The molecule has 0 aliphatic carbocycles. The smallest absolute Gasteiger partial charge is 0.325 e. The van der Waals surface area contributed by atoms with Gasteiger partial charge in [-0.25, -0.2) is 5.43 Å². The van der Waals surface area contributed by atoms with Crippen LogP contribution in [0.25, 0.3) is 0 Å². The van der Waals surface area contributed by atoms with Crippen molar-refractivity contribution in [3.63, 3.8) is 0 Å². The van der Waals surface area contributed by atoms with E-state index in [9.17, 15) is 19.5 Å². The topological polar surface area (TPSA) is 117 Å². The van der Waals surface area contributed by atoms with E-state index in [1.807, 2.05) is 0 Å². The fourth-order valence-corrected chi connectivity index (χ4v) is 3.37. The molecule has 2 amide bonds. The zero-order valence-electron chi connectivity index (χ0n) is 16.0. The molecule has 3 atom stereocenters. The fraction of sp³-hybridized carbons (Fsp3) is 0.824. The van der Waals surface area contributed by atoms with Crippen LogP contribution in [-0.2, 0) is 23.9 Å². The first-order valence-electron chi connectivity index (χ1n) is 9.45. The first-order chi connectivity index (χ1) is 13.6. The maximum absolute atomic E-state index is 12.6. The van der Waals surface area contributed by atoms with Crippen LogP contribution in [0.2, 0.25) is 0 Å². The summed E-state index contributed by atoms with van der Waals surface area (Å²) in [5.74, 6) is -1.87. The number of carbonyl (C=O) groups is 3. The van der Waals surface area contributed by atoms with Crippen LogP contribution in [0, 0.1) is 5.92 Å². The van der Waals surface area contributed by atoms with Gasteiger partial charge in [-0.05, 0) is 38.5 Å². The third-order valence-electron chi connectivity index (χ3n) is 4.83. The number of nitrogens with one attached hydrogen (secondary N) is 2. The molecule has 2 heterocycles. The monoisotopic (exact) mass is 473 g/mol. The molecule has 2 fully saturated rings. The number of nitrogens with zero attached hydrogens (tertiary/aromatic N) is 1. The largest absolute Gasteiger partial charge is 0.460 e. The molecule has 29 heavy (non-hydrogen) atoms. The minimum Gasteiger partial charge on any atom is -0.460 e. The second kappa shape index (κ2) is 11.0. The molecule has 0 bridgehead atoms. The normalized spacial score (nSPS) is 23.2. The zero-order chi connectivity index (χ0) is 21.6. The van der Waals surface area contributed by atoms with Crippen molar-refractivity contribution in [2.75, 3.05) is 26.4 Å². The van der Waals surface area contributed by atoms with Gasteiger partial charge in [0.15, 0.2) is 0 Å². The van der Waals surface area contributed by atoms with Crippen LogP contribution < -0.4 is 10.7 Å². The number of esters is 1. The van der Waals surface area contributed by atoms with E-state index < -0.39 is 46.4 Å². The summed E-state index contributed by atoms with van der Waals surface area (Å²) < 4.78 is 8.45. The first-order valence-corrected chi connectivity index (χ1v) is 10.6. The molecule has 0 aromatic rings. The average Bonchev–Trinajstić information content (AvgIpc) is 2.70. The average molecular weight is 475 g/mol. The Labute approximate surface area is 184 Å². The highest BCUT2D eigenvalue weighted by Gasteiger charge is 2.34. The predicted molar refractivity (Wildman–Crippen MR) is 106 cm³/mol. The molecule has 0 radical (unpaired) electrons. The number of alkyl halides is 3. The standard InChI is InChI=1S/C17H26Cl3N3O6/c1-10(21-14(25)13(24)11-4-7-28-8-5-11)15(26)23-6-2-3-12(22-23)16(27)29-9-17(18,19)20/h10-13,22,24H,2-9H2,1H3,(H,21,25). The van der Waals surface area contributed by atoms with Gasteiger partial charge in [0.25, 0.3) is 5.91 Å². The van der Waals surface area contributed by atoms with E-state index in [2.05, 4.69) is 10.7 Å². The van der Waals surface area contributed by atoms with Crippen LogP contribution >= 0.6 is 34.8 Å². The molecule has 2 aliphatic rings. The van der Waals surface area contributed by atoms with Crippen molar-refractivity contribution in [3.05, 3.63) is 0 Å². The van der Waals surface area contributed by atoms with Gasteiger partial charge in [0, 0.05) is 19.8 Å². The van der Waals surface area contributed by atoms with E-state index in [4.69, 9.17) is 44.3 Å². The van der Waals surface area contributed by atoms with Crippen LogP contribution in [-0.4, -0.2) is 76.2 Å². The van der Waals surface area contributed by atoms with Gasteiger partial charge < -0.3 is 19.9 Å². The maximum Gasteiger partial charge on any atom is 0.325 e. The van der Waals surface area contributed by atoms with Gasteiger partial charge in [0.2, 0.25) is 9.70 Å². The number of aliphatic hydroxyl groups excluding tert-OH is 1. The lowest BCUT2D eigenvalue weighted by molar-refractivity contribution is -0.153. The maximum atomic E-state index is 12.6. The molecule has 166 valence electrons. The summed E-state index contributed by atoms with van der Waals surface area (Å²) in [6.45, 7) is 2.46. The molecular formula is C17H26Cl3N3O6. The fourth-order valence-electron chi connectivity index (χ4n) is 3.21. The van der Waals surface area contributed by atoms with Crippen molar-refractivity contribution >= 4 is 52.6 Å². The van der Waals surface area contributed by atoms with Crippen LogP contribution in [0.4, 0.5) is 0 Å². The first kappa shape index (κ1) is 24.4. The van der Waals surface area contributed by atoms with Gasteiger partial charge in [-0.2, -0.15) is 0 Å². The number of hydrogen-bond acceptors (Lipinski definition) is 7. The Kier molecular flexibility index (Phi) is 9.24. The number of halogens is 3. The lowest BCUT2D eigenvalue weighted by Crippen LogP contribution is -2.60. The summed E-state index contributed by atoms with van der Waals surface area (Å²) in [5, 5.41) is 14.0. The van der Waals surface area contributed by atoms with Gasteiger partial charge in [-0.1, -0.05) is 34.8 Å². The quantitative estimate of drug-likeness (QED) is 0.383. The molecule has 3 unspecified atom stereocenters. The minimum atomic E-state index is -1.72. The number of hydrogen-bond donors (Lipinski definition) is 3. The number of carbonyl (C=O) groups excluding carboxylic acids is 3.